The Kier molecular flexibility index (Phi) is 4.37. The molecule has 0 saturated carbocycles. The van der Waals surface area contributed by atoms with Gasteiger partial charge in [0.2, 0.25) is 0 Å². The standard InChI is InChI=1S/C20H20N4O3/c1-21-11-13-22(14-12-21)18-16-9-5-6-10-17(16)23(15-7-3-2-4-8-15)20(25)19(18)24(26)27/h2-10H,11-14H2,1H3/p+1. The zero-order valence-electron chi connectivity index (χ0n) is 15.1. The lowest BCUT2D eigenvalue weighted by atomic mass is 10.1. The van der Waals surface area contributed by atoms with Crippen molar-refractivity contribution in [1.29, 1.82) is 0 Å². The summed E-state index contributed by atoms with van der Waals surface area (Å²) >= 11 is 0. The molecule has 4 rings (SSSR count). The summed E-state index contributed by atoms with van der Waals surface area (Å²) in [5, 5.41) is 12.7. The number of nitrogens with one attached hydrogen (secondary N) is 1. The van der Waals surface area contributed by atoms with Gasteiger partial charge in [-0.2, -0.15) is 0 Å². The average molecular weight is 365 g/mol. The minimum Gasteiger partial charge on any atom is -0.354 e. The summed E-state index contributed by atoms with van der Waals surface area (Å²) in [4.78, 5) is 28.0. The first-order valence-electron chi connectivity index (χ1n) is 9.01. The molecule has 0 radical (unpaired) electrons. The average Bonchev–Trinajstić information content (AvgIpc) is 2.68. The zero-order chi connectivity index (χ0) is 19.0. The maximum Gasteiger partial charge on any atom is 0.358 e. The number of piperazine rings is 1. The number of rotatable bonds is 3. The van der Waals surface area contributed by atoms with E-state index in [-0.39, 0.29) is 5.69 Å². The molecule has 3 aromatic rings. The van der Waals surface area contributed by atoms with Gasteiger partial charge in [0.15, 0.2) is 0 Å². The van der Waals surface area contributed by atoms with Crippen molar-refractivity contribution >= 4 is 22.3 Å². The van der Waals surface area contributed by atoms with Crippen molar-refractivity contribution in [3.8, 4) is 5.69 Å². The van der Waals surface area contributed by atoms with Crippen LogP contribution in [0.1, 0.15) is 0 Å². The molecule has 1 N–H and O–H groups in total. The lowest BCUT2D eigenvalue weighted by molar-refractivity contribution is -0.880. The van der Waals surface area contributed by atoms with E-state index in [9.17, 15) is 14.9 Å². The van der Waals surface area contributed by atoms with Gasteiger partial charge in [-0.15, -0.1) is 0 Å². The highest BCUT2D eigenvalue weighted by Crippen LogP contribution is 2.34. The lowest BCUT2D eigenvalue weighted by Gasteiger charge is -2.32. The molecule has 1 aliphatic heterocycles. The van der Waals surface area contributed by atoms with Gasteiger partial charge in [0, 0.05) is 11.1 Å². The van der Waals surface area contributed by atoms with Gasteiger partial charge in [0.25, 0.3) is 0 Å². The van der Waals surface area contributed by atoms with E-state index in [1.54, 1.807) is 12.1 Å². The number of hydrogen-bond acceptors (Lipinski definition) is 4. The van der Waals surface area contributed by atoms with E-state index in [1.807, 2.05) is 47.4 Å². The molecular weight excluding hydrogens is 344 g/mol. The molecule has 0 unspecified atom stereocenters. The van der Waals surface area contributed by atoms with Crippen molar-refractivity contribution in [1.82, 2.24) is 4.57 Å². The number of aromatic nitrogens is 1. The first kappa shape index (κ1) is 17.2. The molecule has 0 bridgehead atoms. The molecular formula is C20H21N4O3+. The second kappa shape index (κ2) is 6.85. The Bertz CT molecular complexity index is 1050. The van der Waals surface area contributed by atoms with Gasteiger partial charge in [0.05, 0.1) is 43.7 Å². The summed E-state index contributed by atoms with van der Waals surface area (Å²) in [7, 11) is 2.11. The van der Waals surface area contributed by atoms with E-state index in [0.717, 1.165) is 18.5 Å². The van der Waals surface area contributed by atoms with E-state index >= 15 is 0 Å². The van der Waals surface area contributed by atoms with Gasteiger partial charge >= 0.3 is 11.2 Å². The monoisotopic (exact) mass is 365 g/mol. The van der Waals surface area contributed by atoms with Crippen LogP contribution < -0.4 is 15.4 Å². The van der Waals surface area contributed by atoms with Gasteiger partial charge < -0.3 is 9.80 Å². The Balaban J connectivity index is 2.06. The number of pyridine rings is 1. The van der Waals surface area contributed by atoms with Crippen molar-refractivity contribution in [2.24, 2.45) is 0 Å². The number of fused-ring (bicyclic) bond motifs is 1. The van der Waals surface area contributed by atoms with Crippen LogP contribution in [0, 0.1) is 10.1 Å². The molecule has 0 spiro atoms. The Morgan fingerprint density at radius 2 is 1.63 bits per heavy atom. The number of para-hydroxylation sites is 2. The fourth-order valence-electron chi connectivity index (χ4n) is 3.74. The third-order valence-electron chi connectivity index (χ3n) is 5.16. The molecule has 7 nitrogen and oxygen atoms in total. The molecule has 0 atom stereocenters. The number of likely N-dealkylation sites (N-methyl/N-ethyl adjacent to an activating group) is 1. The van der Waals surface area contributed by atoms with Gasteiger partial charge in [-0.05, 0) is 18.2 Å². The van der Waals surface area contributed by atoms with Crippen LogP contribution in [-0.4, -0.2) is 42.7 Å². The van der Waals surface area contributed by atoms with Crippen molar-refractivity contribution in [2.75, 3.05) is 38.1 Å². The van der Waals surface area contributed by atoms with Gasteiger partial charge in [0.1, 0.15) is 5.69 Å². The van der Waals surface area contributed by atoms with Crippen LogP contribution in [-0.2, 0) is 0 Å². The molecule has 1 aliphatic rings. The molecule has 7 heteroatoms. The van der Waals surface area contributed by atoms with E-state index in [0.29, 0.717) is 30.0 Å². The minimum absolute atomic E-state index is 0.350. The number of anilines is 1. The largest absolute Gasteiger partial charge is 0.358 e. The van der Waals surface area contributed by atoms with E-state index in [1.165, 1.54) is 9.47 Å². The Hall–Kier alpha value is -3.19. The molecule has 1 saturated heterocycles. The number of quaternary nitrogens is 1. The topological polar surface area (TPSA) is 72.8 Å². The second-order valence-corrected chi connectivity index (χ2v) is 6.89. The predicted molar refractivity (Wildman–Crippen MR) is 105 cm³/mol. The van der Waals surface area contributed by atoms with Crippen LogP contribution in [0.3, 0.4) is 0 Å². The molecule has 138 valence electrons. The minimum atomic E-state index is -0.592. The molecule has 0 amide bonds. The van der Waals surface area contributed by atoms with Crippen LogP contribution in [0.4, 0.5) is 11.4 Å². The SMILES string of the molecule is C[NH+]1CCN(c2c([N+](=O)[O-])c(=O)n(-c3ccccc3)c3ccccc23)CC1. The normalized spacial score (nSPS) is 15.2. The maximum atomic E-state index is 13.2. The molecule has 2 heterocycles. The molecule has 27 heavy (non-hydrogen) atoms. The van der Waals surface area contributed by atoms with Crippen molar-refractivity contribution < 1.29 is 9.82 Å². The fraction of sp³-hybridized carbons (Fsp3) is 0.250. The van der Waals surface area contributed by atoms with E-state index in [4.69, 9.17) is 0 Å². The highest BCUT2D eigenvalue weighted by atomic mass is 16.6. The first-order valence-corrected chi connectivity index (χ1v) is 9.01. The fourth-order valence-corrected chi connectivity index (χ4v) is 3.74. The quantitative estimate of drug-likeness (QED) is 0.560. The number of nitrogens with zero attached hydrogens (tertiary/aromatic N) is 3. The molecule has 1 fully saturated rings. The van der Waals surface area contributed by atoms with E-state index < -0.39 is 10.5 Å². The summed E-state index contributed by atoms with van der Waals surface area (Å²) in [5.74, 6) is 0. The van der Waals surface area contributed by atoms with Crippen LogP contribution in [0.5, 0.6) is 0 Å². The maximum absolute atomic E-state index is 13.2. The summed E-state index contributed by atoms with van der Waals surface area (Å²) in [6, 6.07) is 16.5. The highest BCUT2D eigenvalue weighted by molar-refractivity contribution is 5.97. The molecule has 2 aromatic carbocycles. The number of benzene rings is 2. The number of nitro groups is 1. The third kappa shape index (κ3) is 2.96. The molecule has 1 aromatic heterocycles. The summed E-state index contributed by atoms with van der Waals surface area (Å²) in [6.07, 6.45) is 0. The Labute approximate surface area is 156 Å². The number of hydrogen-bond donors (Lipinski definition) is 1. The first-order chi connectivity index (χ1) is 13.1. The third-order valence-corrected chi connectivity index (χ3v) is 5.16. The van der Waals surface area contributed by atoms with Crippen LogP contribution >= 0.6 is 0 Å². The van der Waals surface area contributed by atoms with Crippen molar-refractivity contribution in [3.05, 3.63) is 75.1 Å². The van der Waals surface area contributed by atoms with Gasteiger partial charge in [-0.3, -0.25) is 19.5 Å². The summed E-state index contributed by atoms with van der Waals surface area (Å²) < 4.78 is 1.44. The van der Waals surface area contributed by atoms with Gasteiger partial charge in [-0.1, -0.05) is 36.4 Å². The van der Waals surface area contributed by atoms with Gasteiger partial charge in [-0.25, -0.2) is 0 Å². The van der Waals surface area contributed by atoms with Crippen LogP contribution in [0.25, 0.3) is 16.6 Å². The zero-order valence-corrected chi connectivity index (χ0v) is 15.1. The summed E-state index contributed by atoms with van der Waals surface area (Å²) in [6.45, 7) is 3.14. The highest BCUT2D eigenvalue weighted by Gasteiger charge is 2.31. The Morgan fingerprint density at radius 3 is 2.30 bits per heavy atom. The van der Waals surface area contributed by atoms with Crippen LogP contribution in [0.2, 0.25) is 0 Å². The van der Waals surface area contributed by atoms with E-state index in [2.05, 4.69) is 7.05 Å². The van der Waals surface area contributed by atoms with Crippen molar-refractivity contribution in [2.45, 2.75) is 0 Å². The Morgan fingerprint density at radius 1 is 1.00 bits per heavy atom. The predicted octanol–water partition coefficient (Wildman–Crippen LogP) is 1.23. The van der Waals surface area contributed by atoms with Crippen LogP contribution in [0.15, 0.2) is 59.4 Å². The lowest BCUT2D eigenvalue weighted by Crippen LogP contribution is -3.12. The van der Waals surface area contributed by atoms with Crippen molar-refractivity contribution in [3.63, 3.8) is 0 Å². The molecule has 0 aliphatic carbocycles. The smallest absolute Gasteiger partial charge is 0.354 e. The second-order valence-electron chi connectivity index (χ2n) is 6.89. The summed E-state index contributed by atoms with van der Waals surface area (Å²) in [5.41, 5.74) is 0.806.